The monoisotopic (exact) mass is 308 g/mol. The van der Waals surface area contributed by atoms with Crippen molar-refractivity contribution < 1.29 is 9.90 Å². The zero-order valence-corrected chi connectivity index (χ0v) is 14.3. The van der Waals surface area contributed by atoms with Gasteiger partial charge in [-0.05, 0) is 18.1 Å². The van der Waals surface area contributed by atoms with Crippen LogP contribution in [0.1, 0.15) is 27.7 Å². The van der Waals surface area contributed by atoms with Crippen LogP contribution in [0.4, 0.5) is 16.3 Å². The van der Waals surface area contributed by atoms with Gasteiger partial charge >= 0.3 is 6.03 Å². The smallest absolute Gasteiger partial charge is 0.319 e. The standard InChI is InChI=1S/C16H28N4O2/c1-11(2)14(21)16(3,4)10-18-15(22)19-12-7-8-13(17-9-12)20(5)6/h7-9,11,14,21H,10H2,1-6H3,(H2,18,19,22). The molecule has 0 radical (unpaired) electrons. The summed E-state index contributed by atoms with van der Waals surface area (Å²) in [4.78, 5) is 18.1. The second-order valence-corrected chi connectivity index (χ2v) is 6.78. The maximum Gasteiger partial charge on any atom is 0.319 e. The molecule has 124 valence electrons. The van der Waals surface area contributed by atoms with Crippen LogP contribution in [0.25, 0.3) is 0 Å². The second kappa shape index (κ2) is 7.45. The number of hydrogen-bond acceptors (Lipinski definition) is 4. The third kappa shape index (κ3) is 5.18. The van der Waals surface area contributed by atoms with Crippen LogP contribution in [0.15, 0.2) is 18.3 Å². The fourth-order valence-corrected chi connectivity index (χ4v) is 2.21. The van der Waals surface area contributed by atoms with Gasteiger partial charge in [-0.15, -0.1) is 0 Å². The van der Waals surface area contributed by atoms with Gasteiger partial charge in [-0.3, -0.25) is 0 Å². The van der Waals surface area contributed by atoms with Crippen LogP contribution in [0.5, 0.6) is 0 Å². The molecule has 6 heteroatoms. The number of nitrogens with one attached hydrogen (secondary N) is 2. The van der Waals surface area contributed by atoms with E-state index in [1.807, 2.05) is 52.8 Å². The van der Waals surface area contributed by atoms with Crippen LogP contribution in [0.2, 0.25) is 0 Å². The molecule has 1 aromatic rings. The minimum Gasteiger partial charge on any atom is -0.392 e. The van der Waals surface area contributed by atoms with Gasteiger partial charge in [0.05, 0.1) is 18.0 Å². The van der Waals surface area contributed by atoms with E-state index in [0.717, 1.165) is 5.82 Å². The summed E-state index contributed by atoms with van der Waals surface area (Å²) >= 11 is 0. The Balaban J connectivity index is 2.53. The predicted molar refractivity (Wildman–Crippen MR) is 90.2 cm³/mol. The molecule has 0 saturated carbocycles. The molecule has 0 saturated heterocycles. The van der Waals surface area contributed by atoms with Crippen LogP contribution in [0.3, 0.4) is 0 Å². The second-order valence-electron chi connectivity index (χ2n) is 6.78. The van der Waals surface area contributed by atoms with Gasteiger partial charge in [0.25, 0.3) is 0 Å². The lowest BCUT2D eigenvalue weighted by molar-refractivity contribution is 0.0154. The highest BCUT2D eigenvalue weighted by atomic mass is 16.3. The molecule has 1 rings (SSSR count). The first kappa shape index (κ1) is 18.2. The lowest BCUT2D eigenvalue weighted by Gasteiger charge is -2.33. The van der Waals surface area contributed by atoms with E-state index >= 15 is 0 Å². The Morgan fingerprint density at radius 1 is 1.36 bits per heavy atom. The van der Waals surface area contributed by atoms with Gasteiger partial charge < -0.3 is 20.6 Å². The molecule has 0 spiro atoms. The fourth-order valence-electron chi connectivity index (χ4n) is 2.21. The maximum absolute atomic E-state index is 11.9. The van der Waals surface area contributed by atoms with E-state index < -0.39 is 11.5 Å². The van der Waals surface area contributed by atoms with Crippen LogP contribution < -0.4 is 15.5 Å². The van der Waals surface area contributed by atoms with E-state index in [1.165, 1.54) is 0 Å². The lowest BCUT2D eigenvalue weighted by Crippen LogP contribution is -2.44. The molecule has 0 aliphatic rings. The van der Waals surface area contributed by atoms with Crippen molar-refractivity contribution in [1.29, 1.82) is 0 Å². The molecular weight excluding hydrogens is 280 g/mol. The number of anilines is 2. The number of pyridine rings is 1. The topological polar surface area (TPSA) is 77.5 Å². The number of urea groups is 1. The third-order valence-electron chi connectivity index (χ3n) is 3.60. The predicted octanol–water partition coefficient (Wildman–Crippen LogP) is 2.31. The van der Waals surface area contributed by atoms with Crippen LogP contribution >= 0.6 is 0 Å². The Morgan fingerprint density at radius 3 is 2.45 bits per heavy atom. The molecule has 3 N–H and O–H groups in total. The number of amides is 2. The highest BCUT2D eigenvalue weighted by Gasteiger charge is 2.30. The molecule has 22 heavy (non-hydrogen) atoms. The zero-order chi connectivity index (χ0) is 16.9. The summed E-state index contributed by atoms with van der Waals surface area (Å²) in [5, 5.41) is 15.7. The van der Waals surface area contributed by atoms with Crippen molar-refractivity contribution in [2.75, 3.05) is 30.9 Å². The van der Waals surface area contributed by atoms with E-state index in [4.69, 9.17) is 0 Å². The van der Waals surface area contributed by atoms with E-state index in [-0.39, 0.29) is 11.9 Å². The van der Waals surface area contributed by atoms with Gasteiger partial charge in [0, 0.05) is 26.1 Å². The van der Waals surface area contributed by atoms with Crippen molar-refractivity contribution in [2.45, 2.75) is 33.8 Å². The average Bonchev–Trinajstić information content (AvgIpc) is 2.45. The Hall–Kier alpha value is -1.82. The molecule has 0 aliphatic carbocycles. The minimum absolute atomic E-state index is 0.141. The molecule has 0 bridgehead atoms. The zero-order valence-electron chi connectivity index (χ0n) is 14.3. The molecule has 1 heterocycles. The average molecular weight is 308 g/mol. The van der Waals surface area contributed by atoms with E-state index in [0.29, 0.717) is 12.2 Å². The molecule has 0 aromatic carbocycles. The van der Waals surface area contributed by atoms with Crippen molar-refractivity contribution in [3.8, 4) is 0 Å². The summed E-state index contributed by atoms with van der Waals surface area (Å²) in [6.45, 7) is 8.19. The van der Waals surface area contributed by atoms with Crippen LogP contribution in [0, 0.1) is 11.3 Å². The molecule has 0 fully saturated rings. The van der Waals surface area contributed by atoms with Crippen molar-refractivity contribution in [2.24, 2.45) is 11.3 Å². The first-order valence-corrected chi connectivity index (χ1v) is 7.50. The van der Waals surface area contributed by atoms with E-state index in [2.05, 4.69) is 15.6 Å². The van der Waals surface area contributed by atoms with Gasteiger partial charge in [0.1, 0.15) is 5.82 Å². The van der Waals surface area contributed by atoms with Gasteiger partial charge in [0.2, 0.25) is 0 Å². The van der Waals surface area contributed by atoms with Crippen LogP contribution in [-0.4, -0.2) is 42.9 Å². The number of aliphatic hydroxyl groups excluding tert-OH is 1. The fraction of sp³-hybridized carbons (Fsp3) is 0.625. The van der Waals surface area contributed by atoms with Gasteiger partial charge in [-0.25, -0.2) is 9.78 Å². The van der Waals surface area contributed by atoms with E-state index in [9.17, 15) is 9.90 Å². The highest BCUT2D eigenvalue weighted by Crippen LogP contribution is 2.25. The first-order valence-electron chi connectivity index (χ1n) is 7.50. The molecule has 6 nitrogen and oxygen atoms in total. The Morgan fingerprint density at radius 2 is 2.00 bits per heavy atom. The number of aliphatic hydroxyl groups is 1. The molecule has 2 amide bonds. The number of hydrogen-bond donors (Lipinski definition) is 3. The summed E-state index contributed by atoms with van der Waals surface area (Å²) in [6.07, 6.45) is 1.14. The number of carbonyl (C=O) groups excluding carboxylic acids is 1. The quantitative estimate of drug-likeness (QED) is 0.753. The highest BCUT2D eigenvalue weighted by molar-refractivity contribution is 5.89. The first-order chi connectivity index (χ1) is 10.1. The number of rotatable bonds is 6. The van der Waals surface area contributed by atoms with E-state index in [1.54, 1.807) is 12.3 Å². The summed E-state index contributed by atoms with van der Waals surface area (Å²) in [7, 11) is 3.81. The molecular formula is C16H28N4O2. The number of aromatic nitrogens is 1. The molecule has 0 aliphatic heterocycles. The minimum atomic E-state index is -0.478. The van der Waals surface area contributed by atoms with Crippen LogP contribution in [-0.2, 0) is 0 Å². The van der Waals surface area contributed by atoms with Gasteiger partial charge in [-0.1, -0.05) is 27.7 Å². The van der Waals surface area contributed by atoms with Crippen molar-refractivity contribution in [3.05, 3.63) is 18.3 Å². The number of nitrogens with zero attached hydrogens (tertiary/aromatic N) is 2. The summed E-state index contributed by atoms with van der Waals surface area (Å²) < 4.78 is 0. The summed E-state index contributed by atoms with van der Waals surface area (Å²) in [5.41, 5.74) is 0.240. The summed E-state index contributed by atoms with van der Waals surface area (Å²) in [6, 6.07) is 3.33. The van der Waals surface area contributed by atoms with Crippen molar-refractivity contribution >= 4 is 17.5 Å². The molecule has 1 unspecified atom stereocenters. The Bertz CT molecular complexity index is 483. The Kier molecular flexibility index (Phi) is 6.17. The third-order valence-corrected chi connectivity index (χ3v) is 3.60. The SMILES string of the molecule is CC(C)C(O)C(C)(C)CNC(=O)Nc1ccc(N(C)C)nc1. The van der Waals surface area contributed by atoms with Gasteiger partial charge in [0.15, 0.2) is 0 Å². The van der Waals surface area contributed by atoms with Crippen molar-refractivity contribution in [1.82, 2.24) is 10.3 Å². The van der Waals surface area contributed by atoms with Crippen molar-refractivity contribution in [3.63, 3.8) is 0 Å². The normalized spacial score (nSPS) is 12.9. The summed E-state index contributed by atoms with van der Waals surface area (Å²) in [5.74, 6) is 0.967. The lowest BCUT2D eigenvalue weighted by atomic mass is 9.81. The maximum atomic E-state index is 11.9. The number of carbonyl (C=O) groups is 1. The molecule has 1 atom stereocenters. The Labute approximate surface area is 132 Å². The largest absolute Gasteiger partial charge is 0.392 e. The molecule has 1 aromatic heterocycles. The van der Waals surface area contributed by atoms with Gasteiger partial charge in [-0.2, -0.15) is 0 Å².